The van der Waals surface area contributed by atoms with Crippen LogP contribution in [0.3, 0.4) is 0 Å². The first-order valence-electron chi connectivity index (χ1n) is 7.56. The summed E-state index contributed by atoms with van der Waals surface area (Å²) in [6.07, 6.45) is 2.49. The molecule has 1 fully saturated rings. The lowest BCUT2D eigenvalue weighted by Gasteiger charge is -2.27. The predicted octanol–water partition coefficient (Wildman–Crippen LogP) is 3.45. The first kappa shape index (κ1) is 15.6. The van der Waals surface area contributed by atoms with Crippen LogP contribution in [0.1, 0.15) is 32.3 Å². The first-order chi connectivity index (χ1) is 9.70. The number of benzene rings is 1. The molecule has 4 heteroatoms. The summed E-state index contributed by atoms with van der Waals surface area (Å²) < 4.78 is 5.73. The molecule has 0 amide bonds. The maximum Gasteiger partial charge on any atom is 0.0721 e. The van der Waals surface area contributed by atoms with Crippen molar-refractivity contribution in [1.29, 1.82) is 0 Å². The predicted molar refractivity (Wildman–Crippen MR) is 85.7 cm³/mol. The van der Waals surface area contributed by atoms with Crippen molar-refractivity contribution in [2.24, 2.45) is 0 Å². The first-order valence-corrected chi connectivity index (χ1v) is 7.94. The van der Waals surface area contributed by atoms with Crippen LogP contribution in [-0.2, 0) is 11.3 Å². The number of ether oxygens (including phenoxy) is 1. The van der Waals surface area contributed by atoms with Gasteiger partial charge in [0, 0.05) is 37.0 Å². The van der Waals surface area contributed by atoms with E-state index in [4.69, 9.17) is 16.3 Å². The van der Waals surface area contributed by atoms with Gasteiger partial charge in [-0.1, -0.05) is 24.6 Å². The molecule has 1 aromatic carbocycles. The van der Waals surface area contributed by atoms with E-state index in [1.807, 2.05) is 6.07 Å². The van der Waals surface area contributed by atoms with Gasteiger partial charge in [-0.2, -0.15) is 0 Å². The Kier molecular flexibility index (Phi) is 6.14. The van der Waals surface area contributed by atoms with Crippen molar-refractivity contribution in [3.8, 4) is 0 Å². The van der Waals surface area contributed by atoms with Crippen molar-refractivity contribution in [2.75, 3.05) is 31.1 Å². The monoisotopic (exact) mass is 296 g/mol. The molecule has 0 spiro atoms. The fourth-order valence-electron chi connectivity index (χ4n) is 2.59. The summed E-state index contributed by atoms with van der Waals surface area (Å²) in [5.41, 5.74) is 2.57. The number of anilines is 1. The van der Waals surface area contributed by atoms with E-state index in [-0.39, 0.29) is 6.10 Å². The molecule has 20 heavy (non-hydrogen) atoms. The van der Waals surface area contributed by atoms with Crippen LogP contribution in [0.15, 0.2) is 18.2 Å². The number of hydrogen-bond acceptors (Lipinski definition) is 3. The normalized spacial score (nSPS) is 19.9. The maximum atomic E-state index is 6.20. The van der Waals surface area contributed by atoms with Crippen molar-refractivity contribution in [3.05, 3.63) is 28.8 Å². The topological polar surface area (TPSA) is 24.5 Å². The van der Waals surface area contributed by atoms with Crippen LogP contribution >= 0.6 is 11.6 Å². The van der Waals surface area contributed by atoms with Crippen molar-refractivity contribution >= 4 is 17.3 Å². The summed E-state index contributed by atoms with van der Waals surface area (Å²) in [6.45, 7) is 9.07. The molecule has 1 heterocycles. The molecule has 1 atom stereocenters. The molecule has 1 aliphatic rings. The zero-order valence-electron chi connectivity index (χ0n) is 12.5. The molecule has 1 saturated heterocycles. The van der Waals surface area contributed by atoms with Gasteiger partial charge >= 0.3 is 0 Å². The molecule has 2 rings (SSSR count). The molecule has 1 aromatic rings. The van der Waals surface area contributed by atoms with Crippen molar-refractivity contribution < 1.29 is 4.74 Å². The second kappa shape index (κ2) is 7.87. The highest BCUT2D eigenvalue weighted by Gasteiger charge is 2.18. The van der Waals surface area contributed by atoms with Gasteiger partial charge in [0.2, 0.25) is 0 Å². The standard InChI is InChI=1S/C16H25ClN2O/c1-3-7-18-11-14-5-6-15(17)10-16(14)19-8-4-9-20-13(2)12-19/h5-6,10,13,18H,3-4,7-9,11-12H2,1-2H3. The number of rotatable bonds is 5. The summed E-state index contributed by atoms with van der Waals surface area (Å²) in [4.78, 5) is 2.41. The average Bonchev–Trinajstić information content (AvgIpc) is 2.65. The molecule has 1 unspecified atom stereocenters. The zero-order chi connectivity index (χ0) is 14.4. The van der Waals surface area contributed by atoms with Crippen molar-refractivity contribution in [3.63, 3.8) is 0 Å². The Labute approximate surface area is 127 Å². The lowest BCUT2D eigenvalue weighted by Crippen LogP contribution is -2.31. The highest BCUT2D eigenvalue weighted by Crippen LogP contribution is 2.26. The fourth-order valence-corrected chi connectivity index (χ4v) is 2.76. The van der Waals surface area contributed by atoms with E-state index in [9.17, 15) is 0 Å². The highest BCUT2D eigenvalue weighted by atomic mass is 35.5. The van der Waals surface area contributed by atoms with E-state index in [0.717, 1.165) is 50.7 Å². The Balaban J connectivity index is 2.16. The van der Waals surface area contributed by atoms with Gasteiger partial charge in [-0.3, -0.25) is 0 Å². The molecule has 112 valence electrons. The molecule has 0 saturated carbocycles. The third kappa shape index (κ3) is 4.37. The quantitative estimate of drug-likeness (QED) is 0.842. The van der Waals surface area contributed by atoms with E-state index < -0.39 is 0 Å². The van der Waals surface area contributed by atoms with E-state index >= 15 is 0 Å². The molecule has 0 aromatic heterocycles. The minimum Gasteiger partial charge on any atom is -0.377 e. The maximum absolute atomic E-state index is 6.20. The largest absolute Gasteiger partial charge is 0.377 e. The van der Waals surface area contributed by atoms with Gasteiger partial charge in [0.1, 0.15) is 0 Å². The van der Waals surface area contributed by atoms with E-state index in [1.54, 1.807) is 0 Å². The number of halogens is 1. The van der Waals surface area contributed by atoms with Crippen LogP contribution < -0.4 is 10.2 Å². The molecule has 0 radical (unpaired) electrons. The Bertz CT molecular complexity index is 425. The zero-order valence-corrected chi connectivity index (χ0v) is 13.2. The van der Waals surface area contributed by atoms with Crippen LogP contribution in [0.5, 0.6) is 0 Å². The van der Waals surface area contributed by atoms with Gasteiger partial charge in [0.05, 0.1) is 6.10 Å². The minimum atomic E-state index is 0.271. The van der Waals surface area contributed by atoms with Gasteiger partial charge in [0.25, 0.3) is 0 Å². The van der Waals surface area contributed by atoms with E-state index in [0.29, 0.717) is 0 Å². The van der Waals surface area contributed by atoms with E-state index in [1.165, 1.54) is 11.3 Å². The molecule has 1 N–H and O–H groups in total. The van der Waals surface area contributed by atoms with Crippen LogP contribution in [0.2, 0.25) is 5.02 Å². The Morgan fingerprint density at radius 3 is 3.10 bits per heavy atom. The molecule has 0 aliphatic carbocycles. The third-order valence-corrected chi connectivity index (χ3v) is 3.82. The Morgan fingerprint density at radius 2 is 2.30 bits per heavy atom. The lowest BCUT2D eigenvalue weighted by atomic mass is 10.1. The number of nitrogens with zero attached hydrogens (tertiary/aromatic N) is 1. The van der Waals surface area contributed by atoms with Gasteiger partial charge < -0.3 is 15.0 Å². The second-order valence-corrected chi connectivity index (χ2v) is 5.87. The van der Waals surface area contributed by atoms with Crippen LogP contribution in [0.25, 0.3) is 0 Å². The van der Waals surface area contributed by atoms with Gasteiger partial charge in [0.15, 0.2) is 0 Å². The van der Waals surface area contributed by atoms with E-state index in [2.05, 4.69) is 36.2 Å². The third-order valence-electron chi connectivity index (χ3n) is 3.58. The number of nitrogens with one attached hydrogen (secondary N) is 1. The molecular weight excluding hydrogens is 272 g/mol. The fraction of sp³-hybridized carbons (Fsp3) is 0.625. The molecule has 0 bridgehead atoms. The molecule has 1 aliphatic heterocycles. The SMILES string of the molecule is CCCNCc1ccc(Cl)cc1N1CCCOC(C)C1. The summed E-state index contributed by atoms with van der Waals surface area (Å²) in [5, 5.41) is 4.28. The summed E-state index contributed by atoms with van der Waals surface area (Å²) in [7, 11) is 0. The van der Waals surface area contributed by atoms with Crippen LogP contribution in [-0.4, -0.2) is 32.3 Å². The second-order valence-electron chi connectivity index (χ2n) is 5.43. The van der Waals surface area contributed by atoms with Crippen LogP contribution in [0.4, 0.5) is 5.69 Å². The Morgan fingerprint density at radius 1 is 1.45 bits per heavy atom. The van der Waals surface area contributed by atoms with Crippen LogP contribution in [0, 0.1) is 0 Å². The highest BCUT2D eigenvalue weighted by molar-refractivity contribution is 6.30. The van der Waals surface area contributed by atoms with Crippen molar-refractivity contribution in [2.45, 2.75) is 39.3 Å². The summed E-state index contributed by atoms with van der Waals surface area (Å²) in [5.74, 6) is 0. The van der Waals surface area contributed by atoms with Crippen molar-refractivity contribution in [1.82, 2.24) is 5.32 Å². The smallest absolute Gasteiger partial charge is 0.0721 e. The molecular formula is C16H25ClN2O. The number of hydrogen-bond donors (Lipinski definition) is 1. The Hall–Kier alpha value is -0.770. The van der Waals surface area contributed by atoms with Gasteiger partial charge in [-0.25, -0.2) is 0 Å². The molecule has 3 nitrogen and oxygen atoms in total. The summed E-state index contributed by atoms with van der Waals surface area (Å²) >= 11 is 6.20. The van der Waals surface area contributed by atoms with Gasteiger partial charge in [-0.15, -0.1) is 0 Å². The summed E-state index contributed by atoms with van der Waals surface area (Å²) in [6, 6.07) is 6.20. The average molecular weight is 297 g/mol. The lowest BCUT2D eigenvalue weighted by molar-refractivity contribution is 0.0821. The van der Waals surface area contributed by atoms with Gasteiger partial charge in [-0.05, 0) is 44.0 Å². The minimum absolute atomic E-state index is 0.271.